The minimum absolute atomic E-state index is 0.314. The predicted octanol–water partition coefficient (Wildman–Crippen LogP) is 2.42. The van der Waals surface area contributed by atoms with Crippen LogP contribution in [0, 0.1) is 5.82 Å². The lowest BCUT2D eigenvalue weighted by molar-refractivity contribution is 0.0548. The van der Waals surface area contributed by atoms with Crippen LogP contribution in [0.4, 0.5) is 4.39 Å². The van der Waals surface area contributed by atoms with E-state index in [4.69, 9.17) is 4.74 Å². The number of rotatable bonds is 5. The summed E-state index contributed by atoms with van der Waals surface area (Å²) in [6, 6.07) is 4.02. The molecule has 2 N–H and O–H groups in total. The highest BCUT2D eigenvalue weighted by Gasteiger charge is 2.14. The average Bonchev–Trinajstić information content (AvgIpc) is 2.18. The van der Waals surface area contributed by atoms with Crippen LogP contribution in [0.3, 0.4) is 0 Å². The third-order valence-electron chi connectivity index (χ3n) is 2.39. The van der Waals surface area contributed by atoms with Crippen LogP contribution in [-0.4, -0.2) is 22.4 Å². The molecule has 0 amide bonds. The van der Waals surface area contributed by atoms with Crippen molar-refractivity contribution < 1.29 is 19.3 Å². The van der Waals surface area contributed by atoms with Crippen molar-refractivity contribution in [3.8, 4) is 5.75 Å². The van der Waals surface area contributed by atoms with Gasteiger partial charge in [0.05, 0.1) is 18.3 Å². The first kappa shape index (κ1) is 13.9. The third kappa shape index (κ3) is 4.71. The molecule has 1 aromatic carbocycles. The molecule has 0 aliphatic carbocycles. The van der Waals surface area contributed by atoms with Crippen LogP contribution >= 0.6 is 0 Å². The van der Waals surface area contributed by atoms with Crippen molar-refractivity contribution in [3.63, 3.8) is 0 Å². The molecule has 0 aliphatic heterocycles. The predicted molar refractivity (Wildman–Crippen MR) is 63.4 cm³/mol. The molecular weight excluding hydrogens is 223 g/mol. The fourth-order valence-corrected chi connectivity index (χ4v) is 1.39. The average molecular weight is 242 g/mol. The first-order chi connectivity index (χ1) is 7.79. The Morgan fingerprint density at radius 3 is 2.59 bits per heavy atom. The molecule has 1 aromatic rings. The number of ether oxygens (including phenoxy) is 1. The van der Waals surface area contributed by atoms with E-state index in [-0.39, 0.29) is 0 Å². The van der Waals surface area contributed by atoms with E-state index in [1.807, 2.05) is 0 Å². The molecule has 96 valence electrons. The van der Waals surface area contributed by atoms with E-state index in [1.54, 1.807) is 20.8 Å². The van der Waals surface area contributed by atoms with Gasteiger partial charge in [-0.05, 0) is 39.0 Å². The van der Waals surface area contributed by atoms with Crippen molar-refractivity contribution in [2.45, 2.75) is 38.9 Å². The standard InChI is InChI=1S/C13H19FO3/c1-9(15)11-8-10(14)4-5-12(11)17-7-6-13(2,3)16/h4-5,8-9,15-16H,6-7H2,1-3H3/t9-/m1/s1. The zero-order chi connectivity index (χ0) is 13.1. The number of hydrogen-bond donors (Lipinski definition) is 2. The second-order valence-corrected chi connectivity index (χ2v) is 4.77. The zero-order valence-electron chi connectivity index (χ0n) is 10.4. The smallest absolute Gasteiger partial charge is 0.125 e. The quantitative estimate of drug-likeness (QED) is 0.833. The van der Waals surface area contributed by atoms with E-state index >= 15 is 0 Å². The lowest BCUT2D eigenvalue weighted by atomic mass is 10.1. The summed E-state index contributed by atoms with van der Waals surface area (Å²) >= 11 is 0. The molecule has 0 saturated heterocycles. The van der Waals surface area contributed by atoms with Crippen LogP contribution in [0.25, 0.3) is 0 Å². The van der Waals surface area contributed by atoms with Gasteiger partial charge in [0.25, 0.3) is 0 Å². The molecule has 0 unspecified atom stereocenters. The van der Waals surface area contributed by atoms with Crippen molar-refractivity contribution in [2.75, 3.05) is 6.61 Å². The summed E-state index contributed by atoms with van der Waals surface area (Å²) in [5, 5.41) is 19.0. The summed E-state index contributed by atoms with van der Waals surface area (Å²) in [4.78, 5) is 0. The van der Waals surface area contributed by atoms with Gasteiger partial charge in [-0.25, -0.2) is 4.39 Å². The molecule has 0 bridgehead atoms. The number of benzene rings is 1. The van der Waals surface area contributed by atoms with E-state index in [2.05, 4.69) is 0 Å². The first-order valence-corrected chi connectivity index (χ1v) is 5.62. The van der Waals surface area contributed by atoms with Crippen molar-refractivity contribution in [2.24, 2.45) is 0 Å². The van der Waals surface area contributed by atoms with Gasteiger partial charge in [-0.15, -0.1) is 0 Å². The third-order valence-corrected chi connectivity index (χ3v) is 2.39. The molecule has 4 heteroatoms. The summed E-state index contributed by atoms with van der Waals surface area (Å²) in [5.41, 5.74) is -0.383. The fourth-order valence-electron chi connectivity index (χ4n) is 1.39. The van der Waals surface area contributed by atoms with Crippen LogP contribution in [0.1, 0.15) is 38.9 Å². The van der Waals surface area contributed by atoms with Gasteiger partial charge in [0.2, 0.25) is 0 Å². The molecule has 0 heterocycles. The van der Waals surface area contributed by atoms with Gasteiger partial charge < -0.3 is 14.9 Å². The highest BCUT2D eigenvalue weighted by Crippen LogP contribution is 2.26. The van der Waals surface area contributed by atoms with Crippen LogP contribution in [-0.2, 0) is 0 Å². The summed E-state index contributed by atoms with van der Waals surface area (Å²) in [6.45, 7) is 5.25. The van der Waals surface area contributed by atoms with Gasteiger partial charge in [-0.2, -0.15) is 0 Å². The Morgan fingerprint density at radius 1 is 1.41 bits per heavy atom. The summed E-state index contributed by atoms with van der Waals surface area (Å²) in [6.07, 6.45) is -0.327. The van der Waals surface area contributed by atoms with E-state index in [1.165, 1.54) is 18.2 Å². The number of aliphatic hydroxyl groups excluding tert-OH is 1. The normalized spacial score (nSPS) is 13.5. The molecule has 0 spiro atoms. The lowest BCUT2D eigenvalue weighted by Gasteiger charge is -2.18. The van der Waals surface area contributed by atoms with Crippen LogP contribution in [0.5, 0.6) is 5.75 Å². The molecule has 1 atom stereocenters. The lowest BCUT2D eigenvalue weighted by Crippen LogP contribution is -2.22. The summed E-state index contributed by atoms with van der Waals surface area (Å²) in [5.74, 6) is 0.0430. The van der Waals surface area contributed by atoms with Crippen molar-refractivity contribution >= 4 is 0 Å². The molecule has 17 heavy (non-hydrogen) atoms. The Morgan fingerprint density at radius 2 is 2.06 bits per heavy atom. The number of hydrogen-bond acceptors (Lipinski definition) is 3. The Labute approximate surface area is 101 Å². The molecular formula is C13H19FO3. The van der Waals surface area contributed by atoms with Crippen LogP contribution in [0.15, 0.2) is 18.2 Å². The topological polar surface area (TPSA) is 49.7 Å². The SMILES string of the molecule is C[C@@H](O)c1cc(F)ccc1OCCC(C)(C)O. The van der Waals surface area contributed by atoms with Crippen LogP contribution < -0.4 is 4.74 Å². The molecule has 0 radical (unpaired) electrons. The second-order valence-electron chi connectivity index (χ2n) is 4.77. The largest absolute Gasteiger partial charge is 0.493 e. The van der Waals surface area contributed by atoms with Gasteiger partial charge in [0, 0.05) is 12.0 Å². The Kier molecular flexibility index (Phi) is 4.48. The van der Waals surface area contributed by atoms with Crippen molar-refractivity contribution in [1.29, 1.82) is 0 Å². The van der Waals surface area contributed by atoms with E-state index < -0.39 is 17.5 Å². The summed E-state index contributed by atoms with van der Waals surface area (Å²) in [7, 11) is 0. The zero-order valence-corrected chi connectivity index (χ0v) is 10.4. The van der Waals surface area contributed by atoms with E-state index in [9.17, 15) is 14.6 Å². The maximum Gasteiger partial charge on any atom is 0.125 e. The van der Waals surface area contributed by atoms with Gasteiger partial charge >= 0.3 is 0 Å². The van der Waals surface area contributed by atoms with Gasteiger partial charge in [0.15, 0.2) is 0 Å². The molecule has 0 aliphatic rings. The first-order valence-electron chi connectivity index (χ1n) is 5.62. The monoisotopic (exact) mass is 242 g/mol. The number of halogens is 1. The van der Waals surface area contributed by atoms with Gasteiger partial charge in [-0.3, -0.25) is 0 Å². The molecule has 0 aromatic heterocycles. The highest BCUT2D eigenvalue weighted by atomic mass is 19.1. The molecule has 0 saturated carbocycles. The molecule has 1 rings (SSSR count). The Hall–Kier alpha value is -1.13. The minimum Gasteiger partial charge on any atom is -0.493 e. The second kappa shape index (κ2) is 5.47. The molecule has 0 fully saturated rings. The van der Waals surface area contributed by atoms with E-state index in [0.717, 1.165) is 0 Å². The maximum atomic E-state index is 13.0. The van der Waals surface area contributed by atoms with Gasteiger partial charge in [-0.1, -0.05) is 0 Å². The molecule has 3 nitrogen and oxygen atoms in total. The van der Waals surface area contributed by atoms with Gasteiger partial charge in [0.1, 0.15) is 11.6 Å². The van der Waals surface area contributed by atoms with Crippen molar-refractivity contribution in [1.82, 2.24) is 0 Å². The fraction of sp³-hybridized carbons (Fsp3) is 0.538. The number of aliphatic hydroxyl groups is 2. The van der Waals surface area contributed by atoms with Crippen LogP contribution in [0.2, 0.25) is 0 Å². The Bertz CT molecular complexity index is 369. The maximum absolute atomic E-state index is 13.0. The highest BCUT2D eigenvalue weighted by molar-refractivity contribution is 5.35. The minimum atomic E-state index is -0.801. The Balaban J connectivity index is 2.70. The van der Waals surface area contributed by atoms with E-state index in [0.29, 0.717) is 24.3 Å². The van der Waals surface area contributed by atoms with Crippen molar-refractivity contribution in [3.05, 3.63) is 29.6 Å². The summed E-state index contributed by atoms with van der Waals surface area (Å²) < 4.78 is 18.5.